The highest BCUT2D eigenvalue weighted by atomic mass is 16.5. The van der Waals surface area contributed by atoms with Crippen LogP contribution in [0, 0.1) is 5.92 Å². The molecule has 6 nitrogen and oxygen atoms in total. The summed E-state index contributed by atoms with van der Waals surface area (Å²) in [6.07, 6.45) is 0.701. The average Bonchev–Trinajstić information content (AvgIpc) is 3.07. The van der Waals surface area contributed by atoms with E-state index >= 15 is 0 Å². The summed E-state index contributed by atoms with van der Waals surface area (Å²) >= 11 is 0. The van der Waals surface area contributed by atoms with Gasteiger partial charge in [-0.25, -0.2) is 0 Å². The lowest BCUT2D eigenvalue weighted by atomic mass is 9.95. The summed E-state index contributed by atoms with van der Waals surface area (Å²) in [5, 5.41) is 3.96. The molecule has 0 bridgehead atoms. The molecule has 1 amide bonds. The third-order valence-corrected chi connectivity index (χ3v) is 4.25. The van der Waals surface area contributed by atoms with Crippen LogP contribution in [-0.2, 0) is 17.8 Å². The normalized spacial score (nSPS) is 16.6. The Morgan fingerprint density at radius 2 is 2.17 bits per heavy atom. The van der Waals surface area contributed by atoms with E-state index in [1.807, 2.05) is 45.0 Å². The first-order valence-electron chi connectivity index (χ1n) is 8.40. The lowest BCUT2D eigenvalue weighted by Crippen LogP contribution is -2.40. The molecule has 1 aliphatic heterocycles. The van der Waals surface area contributed by atoms with E-state index in [1.165, 1.54) is 0 Å². The predicted octanol–water partition coefficient (Wildman–Crippen LogP) is 2.79. The van der Waals surface area contributed by atoms with E-state index in [2.05, 4.69) is 10.1 Å². The molecule has 0 aliphatic carbocycles. The Labute approximate surface area is 141 Å². The SMILES string of the molecule is CCN(Cc1nc(C(C)C)no1)C(=O)[C@H]1COc2ccccc2C1. The van der Waals surface area contributed by atoms with Gasteiger partial charge in [-0.15, -0.1) is 0 Å². The minimum Gasteiger partial charge on any atom is -0.492 e. The number of aromatic nitrogens is 2. The van der Waals surface area contributed by atoms with Crippen molar-refractivity contribution >= 4 is 5.91 Å². The fraction of sp³-hybridized carbons (Fsp3) is 0.500. The van der Waals surface area contributed by atoms with Crippen LogP contribution >= 0.6 is 0 Å². The first-order valence-corrected chi connectivity index (χ1v) is 8.40. The highest BCUT2D eigenvalue weighted by Gasteiger charge is 2.29. The van der Waals surface area contributed by atoms with Crippen LogP contribution in [0.2, 0.25) is 0 Å². The summed E-state index contributed by atoms with van der Waals surface area (Å²) < 4.78 is 11.0. The van der Waals surface area contributed by atoms with E-state index in [9.17, 15) is 4.79 Å². The molecular formula is C18H23N3O3. The topological polar surface area (TPSA) is 68.5 Å². The van der Waals surface area contributed by atoms with Crippen molar-refractivity contribution in [1.29, 1.82) is 0 Å². The predicted molar refractivity (Wildman–Crippen MR) is 88.6 cm³/mol. The van der Waals surface area contributed by atoms with Gasteiger partial charge in [-0.2, -0.15) is 4.98 Å². The monoisotopic (exact) mass is 329 g/mol. The van der Waals surface area contributed by atoms with Gasteiger partial charge in [0.05, 0.1) is 12.5 Å². The number of fused-ring (bicyclic) bond motifs is 1. The molecule has 0 fully saturated rings. The second kappa shape index (κ2) is 7.03. The van der Waals surface area contributed by atoms with Crippen molar-refractivity contribution in [2.75, 3.05) is 13.2 Å². The van der Waals surface area contributed by atoms with Gasteiger partial charge in [0.1, 0.15) is 12.4 Å². The Morgan fingerprint density at radius 1 is 1.38 bits per heavy atom. The van der Waals surface area contributed by atoms with Crippen molar-refractivity contribution in [2.45, 2.75) is 39.7 Å². The van der Waals surface area contributed by atoms with E-state index in [0.717, 1.165) is 11.3 Å². The maximum Gasteiger partial charge on any atom is 0.246 e. The summed E-state index contributed by atoms with van der Waals surface area (Å²) in [5.74, 6) is 2.12. The van der Waals surface area contributed by atoms with Crippen molar-refractivity contribution in [2.24, 2.45) is 5.92 Å². The third-order valence-electron chi connectivity index (χ3n) is 4.25. The molecule has 128 valence electrons. The molecule has 1 aromatic heterocycles. The zero-order valence-electron chi connectivity index (χ0n) is 14.4. The highest BCUT2D eigenvalue weighted by molar-refractivity contribution is 5.79. The van der Waals surface area contributed by atoms with Crippen LogP contribution in [0.5, 0.6) is 5.75 Å². The van der Waals surface area contributed by atoms with Gasteiger partial charge >= 0.3 is 0 Å². The summed E-state index contributed by atoms with van der Waals surface area (Å²) in [5.41, 5.74) is 1.08. The molecule has 2 aromatic rings. The van der Waals surface area contributed by atoms with Crippen molar-refractivity contribution < 1.29 is 14.1 Å². The minimum absolute atomic E-state index is 0.0660. The number of benzene rings is 1. The number of rotatable bonds is 5. The number of hydrogen-bond donors (Lipinski definition) is 0. The van der Waals surface area contributed by atoms with Crippen molar-refractivity contribution in [3.8, 4) is 5.75 Å². The molecule has 0 spiro atoms. The smallest absolute Gasteiger partial charge is 0.246 e. The Bertz CT molecular complexity index is 711. The maximum atomic E-state index is 12.8. The van der Waals surface area contributed by atoms with Crippen LogP contribution in [0.25, 0.3) is 0 Å². The van der Waals surface area contributed by atoms with Gasteiger partial charge in [0.15, 0.2) is 5.82 Å². The molecule has 0 N–H and O–H groups in total. The molecule has 0 radical (unpaired) electrons. The molecule has 0 saturated heterocycles. The summed E-state index contributed by atoms with van der Waals surface area (Å²) in [7, 11) is 0. The second-order valence-electron chi connectivity index (χ2n) is 6.37. The van der Waals surface area contributed by atoms with Gasteiger partial charge in [-0.05, 0) is 25.0 Å². The molecule has 1 atom stereocenters. The number of carbonyl (C=O) groups excluding carboxylic acids is 1. The Hall–Kier alpha value is -2.37. The van der Waals surface area contributed by atoms with E-state index in [0.29, 0.717) is 37.8 Å². The summed E-state index contributed by atoms with van der Waals surface area (Å²) in [6.45, 7) is 7.31. The molecule has 0 saturated carbocycles. The molecule has 1 aromatic carbocycles. The van der Waals surface area contributed by atoms with Gasteiger partial charge in [0.25, 0.3) is 0 Å². The number of amides is 1. The number of nitrogens with zero attached hydrogens (tertiary/aromatic N) is 3. The molecule has 3 rings (SSSR count). The number of carbonyl (C=O) groups is 1. The molecule has 0 unspecified atom stereocenters. The van der Waals surface area contributed by atoms with E-state index in [1.54, 1.807) is 4.90 Å². The van der Waals surface area contributed by atoms with Crippen LogP contribution < -0.4 is 4.74 Å². The third kappa shape index (κ3) is 3.42. The zero-order chi connectivity index (χ0) is 17.1. The maximum absolute atomic E-state index is 12.8. The van der Waals surface area contributed by atoms with E-state index < -0.39 is 0 Å². The largest absolute Gasteiger partial charge is 0.492 e. The molecule has 24 heavy (non-hydrogen) atoms. The molecule has 1 aliphatic rings. The standard InChI is InChI=1S/C18H23N3O3/c1-4-21(10-16-19-17(12(2)3)20-24-16)18(22)14-9-13-7-5-6-8-15(13)23-11-14/h5-8,12,14H,4,9-11H2,1-3H3/t14-/m1/s1. The quantitative estimate of drug-likeness (QED) is 0.844. The molecular weight excluding hydrogens is 306 g/mol. The van der Waals surface area contributed by atoms with Crippen LogP contribution in [0.3, 0.4) is 0 Å². The van der Waals surface area contributed by atoms with E-state index in [4.69, 9.17) is 9.26 Å². The van der Waals surface area contributed by atoms with Gasteiger partial charge in [-0.1, -0.05) is 37.2 Å². The van der Waals surface area contributed by atoms with Crippen molar-refractivity contribution in [3.05, 3.63) is 41.5 Å². The number of hydrogen-bond acceptors (Lipinski definition) is 5. The first-order chi connectivity index (χ1) is 11.6. The number of ether oxygens (including phenoxy) is 1. The van der Waals surface area contributed by atoms with Gasteiger partial charge in [0.2, 0.25) is 11.8 Å². The Morgan fingerprint density at radius 3 is 2.88 bits per heavy atom. The van der Waals surface area contributed by atoms with Crippen LogP contribution in [0.4, 0.5) is 0 Å². The van der Waals surface area contributed by atoms with Crippen LogP contribution in [0.1, 0.15) is 44.0 Å². The lowest BCUT2D eigenvalue weighted by Gasteiger charge is -2.29. The first kappa shape index (κ1) is 16.5. The van der Waals surface area contributed by atoms with Gasteiger partial charge < -0.3 is 14.2 Å². The second-order valence-corrected chi connectivity index (χ2v) is 6.37. The Balaban J connectivity index is 1.68. The van der Waals surface area contributed by atoms with Crippen LogP contribution in [-0.4, -0.2) is 34.1 Å². The fourth-order valence-electron chi connectivity index (χ4n) is 2.82. The highest BCUT2D eigenvalue weighted by Crippen LogP contribution is 2.28. The van der Waals surface area contributed by atoms with Crippen LogP contribution in [0.15, 0.2) is 28.8 Å². The minimum atomic E-state index is -0.174. The lowest BCUT2D eigenvalue weighted by molar-refractivity contribution is -0.137. The van der Waals surface area contributed by atoms with Crippen molar-refractivity contribution in [1.82, 2.24) is 15.0 Å². The fourth-order valence-corrected chi connectivity index (χ4v) is 2.82. The summed E-state index contributed by atoms with van der Waals surface area (Å²) in [4.78, 5) is 18.9. The Kier molecular flexibility index (Phi) is 4.83. The molecule has 6 heteroatoms. The number of para-hydroxylation sites is 1. The van der Waals surface area contributed by atoms with Crippen molar-refractivity contribution in [3.63, 3.8) is 0 Å². The zero-order valence-corrected chi connectivity index (χ0v) is 14.4. The van der Waals surface area contributed by atoms with E-state index in [-0.39, 0.29) is 17.7 Å². The van der Waals surface area contributed by atoms with Gasteiger partial charge in [-0.3, -0.25) is 4.79 Å². The van der Waals surface area contributed by atoms with Gasteiger partial charge in [0, 0.05) is 12.5 Å². The summed E-state index contributed by atoms with van der Waals surface area (Å²) in [6, 6.07) is 7.87. The molecule has 2 heterocycles. The average molecular weight is 329 g/mol.